The maximum absolute atomic E-state index is 3.62. The van der Waals surface area contributed by atoms with E-state index in [1.165, 1.54) is 38.1 Å². The first-order valence-corrected chi connectivity index (χ1v) is 7.99. The van der Waals surface area contributed by atoms with Gasteiger partial charge in [0.05, 0.1) is 0 Å². The van der Waals surface area contributed by atoms with E-state index < -0.39 is 0 Å². The SMILES string of the molecule is CCC(CSC)N(C)CC(C)CNC1CC1. The molecule has 0 radical (unpaired) electrons. The molecule has 0 aromatic carbocycles. The summed E-state index contributed by atoms with van der Waals surface area (Å²) in [6.07, 6.45) is 6.26. The van der Waals surface area contributed by atoms with Gasteiger partial charge in [-0.15, -0.1) is 0 Å². The molecular weight excluding hydrogens is 216 g/mol. The van der Waals surface area contributed by atoms with E-state index >= 15 is 0 Å². The minimum Gasteiger partial charge on any atom is -0.314 e. The maximum atomic E-state index is 3.62. The third kappa shape index (κ3) is 5.55. The van der Waals surface area contributed by atoms with Crippen molar-refractivity contribution in [1.82, 2.24) is 10.2 Å². The Bertz CT molecular complexity index is 183. The highest BCUT2D eigenvalue weighted by atomic mass is 32.2. The Kier molecular flexibility index (Phi) is 6.78. The zero-order valence-corrected chi connectivity index (χ0v) is 12.1. The molecule has 2 atom stereocenters. The van der Waals surface area contributed by atoms with Crippen LogP contribution in [0.3, 0.4) is 0 Å². The van der Waals surface area contributed by atoms with Gasteiger partial charge in [-0.3, -0.25) is 0 Å². The van der Waals surface area contributed by atoms with Crippen LogP contribution in [0, 0.1) is 5.92 Å². The van der Waals surface area contributed by atoms with Crippen molar-refractivity contribution in [3.8, 4) is 0 Å². The molecule has 0 aromatic heterocycles. The Morgan fingerprint density at radius 1 is 1.44 bits per heavy atom. The molecule has 3 heteroatoms. The van der Waals surface area contributed by atoms with Gasteiger partial charge in [0.1, 0.15) is 0 Å². The van der Waals surface area contributed by atoms with Crippen LogP contribution < -0.4 is 5.32 Å². The fourth-order valence-corrected chi connectivity index (χ4v) is 2.98. The predicted octanol–water partition coefficient (Wildman–Crippen LogP) is 2.45. The Morgan fingerprint density at radius 2 is 2.12 bits per heavy atom. The van der Waals surface area contributed by atoms with Gasteiger partial charge in [0.25, 0.3) is 0 Å². The molecule has 1 aliphatic carbocycles. The number of hydrogen-bond donors (Lipinski definition) is 1. The Balaban J connectivity index is 2.15. The van der Waals surface area contributed by atoms with E-state index in [0.717, 1.165) is 18.0 Å². The zero-order valence-electron chi connectivity index (χ0n) is 11.3. The Labute approximate surface area is 106 Å². The summed E-state index contributed by atoms with van der Waals surface area (Å²) in [5, 5.41) is 3.62. The van der Waals surface area contributed by atoms with Crippen molar-refractivity contribution in [3.05, 3.63) is 0 Å². The van der Waals surface area contributed by atoms with Crippen LogP contribution in [0.2, 0.25) is 0 Å². The lowest BCUT2D eigenvalue weighted by molar-refractivity contribution is 0.220. The highest BCUT2D eigenvalue weighted by Gasteiger charge is 2.21. The van der Waals surface area contributed by atoms with Crippen LogP contribution in [0.5, 0.6) is 0 Å². The van der Waals surface area contributed by atoms with E-state index in [-0.39, 0.29) is 0 Å². The second kappa shape index (κ2) is 7.57. The van der Waals surface area contributed by atoms with Crippen LogP contribution in [0.15, 0.2) is 0 Å². The predicted molar refractivity (Wildman–Crippen MR) is 75.3 cm³/mol. The quantitative estimate of drug-likeness (QED) is 0.671. The summed E-state index contributed by atoms with van der Waals surface area (Å²) in [5.41, 5.74) is 0. The second-order valence-electron chi connectivity index (χ2n) is 5.24. The van der Waals surface area contributed by atoms with Gasteiger partial charge in [0, 0.05) is 24.4 Å². The molecule has 0 amide bonds. The van der Waals surface area contributed by atoms with Crippen LogP contribution in [0.25, 0.3) is 0 Å². The van der Waals surface area contributed by atoms with E-state index in [4.69, 9.17) is 0 Å². The first-order valence-electron chi connectivity index (χ1n) is 6.59. The van der Waals surface area contributed by atoms with Gasteiger partial charge in [-0.05, 0) is 45.0 Å². The molecule has 0 saturated heterocycles. The number of thioether (sulfide) groups is 1. The third-order valence-corrected chi connectivity index (χ3v) is 4.10. The molecule has 0 spiro atoms. The van der Waals surface area contributed by atoms with Crippen molar-refractivity contribution in [1.29, 1.82) is 0 Å². The Hall–Kier alpha value is 0.270. The van der Waals surface area contributed by atoms with Crippen molar-refractivity contribution in [2.75, 3.05) is 32.1 Å². The van der Waals surface area contributed by atoms with Gasteiger partial charge in [0.15, 0.2) is 0 Å². The van der Waals surface area contributed by atoms with Gasteiger partial charge in [-0.1, -0.05) is 13.8 Å². The average molecular weight is 244 g/mol. The van der Waals surface area contributed by atoms with E-state index in [9.17, 15) is 0 Å². The molecule has 1 aliphatic rings. The number of rotatable bonds is 9. The largest absolute Gasteiger partial charge is 0.314 e. The minimum atomic E-state index is 0.748. The van der Waals surface area contributed by atoms with Crippen LogP contribution in [-0.2, 0) is 0 Å². The van der Waals surface area contributed by atoms with Crippen molar-refractivity contribution >= 4 is 11.8 Å². The molecule has 0 aromatic rings. The van der Waals surface area contributed by atoms with Gasteiger partial charge in [-0.2, -0.15) is 11.8 Å². The summed E-state index contributed by atoms with van der Waals surface area (Å²) in [6, 6.07) is 1.60. The summed E-state index contributed by atoms with van der Waals surface area (Å²) in [5.74, 6) is 2.02. The molecule has 1 saturated carbocycles. The fraction of sp³-hybridized carbons (Fsp3) is 1.00. The van der Waals surface area contributed by atoms with E-state index in [2.05, 4.69) is 37.4 Å². The van der Waals surface area contributed by atoms with Crippen LogP contribution in [-0.4, -0.2) is 49.1 Å². The lowest BCUT2D eigenvalue weighted by atomic mass is 10.1. The molecule has 2 unspecified atom stereocenters. The first-order chi connectivity index (χ1) is 7.67. The molecule has 96 valence electrons. The van der Waals surface area contributed by atoms with E-state index in [0.29, 0.717) is 0 Å². The second-order valence-corrected chi connectivity index (χ2v) is 6.16. The van der Waals surface area contributed by atoms with Crippen LogP contribution >= 0.6 is 11.8 Å². The number of hydrogen-bond acceptors (Lipinski definition) is 3. The molecule has 1 fully saturated rings. The maximum Gasteiger partial charge on any atom is 0.0180 e. The smallest absolute Gasteiger partial charge is 0.0180 e. The Morgan fingerprint density at radius 3 is 2.62 bits per heavy atom. The molecule has 16 heavy (non-hydrogen) atoms. The minimum absolute atomic E-state index is 0.748. The normalized spacial score (nSPS) is 20.1. The number of nitrogens with zero attached hydrogens (tertiary/aromatic N) is 1. The summed E-state index contributed by atoms with van der Waals surface area (Å²) in [4.78, 5) is 2.54. The van der Waals surface area contributed by atoms with E-state index in [1.807, 2.05) is 11.8 Å². The summed E-state index contributed by atoms with van der Waals surface area (Å²) >= 11 is 1.96. The summed E-state index contributed by atoms with van der Waals surface area (Å²) in [6.45, 7) is 7.06. The molecule has 1 rings (SSSR count). The molecule has 0 bridgehead atoms. The van der Waals surface area contributed by atoms with Gasteiger partial charge < -0.3 is 10.2 Å². The topological polar surface area (TPSA) is 15.3 Å². The standard InChI is InChI=1S/C13H28N2S/c1-5-13(10-16-4)15(3)9-11(2)8-14-12-6-7-12/h11-14H,5-10H2,1-4H3. The first kappa shape index (κ1) is 14.3. The lowest BCUT2D eigenvalue weighted by Gasteiger charge is -2.29. The number of nitrogens with one attached hydrogen (secondary N) is 1. The molecular formula is C13H28N2S. The van der Waals surface area contributed by atoms with Crippen LogP contribution in [0.4, 0.5) is 0 Å². The lowest BCUT2D eigenvalue weighted by Crippen LogP contribution is -2.39. The highest BCUT2D eigenvalue weighted by Crippen LogP contribution is 2.19. The third-order valence-electron chi connectivity index (χ3n) is 3.39. The van der Waals surface area contributed by atoms with Crippen molar-refractivity contribution in [3.63, 3.8) is 0 Å². The summed E-state index contributed by atoms with van der Waals surface area (Å²) in [7, 11) is 2.28. The van der Waals surface area contributed by atoms with Gasteiger partial charge in [0.2, 0.25) is 0 Å². The summed E-state index contributed by atoms with van der Waals surface area (Å²) < 4.78 is 0. The van der Waals surface area contributed by atoms with Crippen molar-refractivity contribution in [2.45, 2.75) is 45.2 Å². The van der Waals surface area contributed by atoms with Gasteiger partial charge in [-0.25, -0.2) is 0 Å². The zero-order chi connectivity index (χ0) is 12.0. The average Bonchev–Trinajstić information content (AvgIpc) is 3.06. The molecule has 2 nitrogen and oxygen atoms in total. The van der Waals surface area contributed by atoms with Crippen LogP contribution in [0.1, 0.15) is 33.1 Å². The highest BCUT2D eigenvalue weighted by molar-refractivity contribution is 7.98. The fourth-order valence-electron chi connectivity index (χ4n) is 2.11. The molecule has 0 aliphatic heterocycles. The molecule has 1 N–H and O–H groups in total. The van der Waals surface area contributed by atoms with E-state index in [1.54, 1.807) is 0 Å². The van der Waals surface area contributed by atoms with Crippen molar-refractivity contribution < 1.29 is 0 Å². The van der Waals surface area contributed by atoms with Crippen molar-refractivity contribution in [2.24, 2.45) is 5.92 Å². The monoisotopic (exact) mass is 244 g/mol. The molecule has 0 heterocycles. The van der Waals surface area contributed by atoms with Gasteiger partial charge >= 0.3 is 0 Å².